The highest BCUT2D eigenvalue weighted by atomic mass is 16.6. The van der Waals surface area contributed by atoms with Gasteiger partial charge in [-0.05, 0) is 53.2 Å². The van der Waals surface area contributed by atoms with Crippen LogP contribution in [0.25, 0.3) is 0 Å². The normalized spacial score (nSPS) is 16.3. The summed E-state index contributed by atoms with van der Waals surface area (Å²) in [5.41, 5.74) is 2.25. The Hall–Kier alpha value is -2.44. The lowest BCUT2D eigenvalue weighted by Gasteiger charge is -2.33. The molecule has 6 heteroatoms. The molecule has 1 aliphatic rings. The Morgan fingerprint density at radius 3 is 2.00 bits per heavy atom. The van der Waals surface area contributed by atoms with Crippen molar-refractivity contribution in [3.05, 3.63) is 71.8 Å². The second-order valence-electron chi connectivity index (χ2n) is 9.28. The maximum absolute atomic E-state index is 13.1. The second kappa shape index (κ2) is 11.4. The van der Waals surface area contributed by atoms with Gasteiger partial charge in [0, 0.05) is 24.2 Å². The van der Waals surface area contributed by atoms with Gasteiger partial charge in [0.25, 0.3) is 0 Å². The number of piperazine rings is 1. The predicted molar refractivity (Wildman–Crippen MR) is 131 cm³/mol. The van der Waals surface area contributed by atoms with E-state index in [4.69, 9.17) is 17.7 Å². The lowest BCUT2D eigenvalue weighted by molar-refractivity contribution is -0.156. The minimum Gasteiger partial charge on any atom is -0.458 e. The maximum Gasteiger partial charge on any atom is 0.331 e. The Labute approximate surface area is 193 Å². The van der Waals surface area contributed by atoms with Crippen molar-refractivity contribution in [1.29, 1.82) is 0 Å². The number of nitrogens with zero attached hydrogens (tertiary/aromatic N) is 3. The third-order valence-corrected chi connectivity index (χ3v) is 5.42. The Morgan fingerprint density at radius 2 is 1.50 bits per heavy atom. The van der Waals surface area contributed by atoms with Gasteiger partial charge >= 0.3 is 5.97 Å². The fourth-order valence-corrected chi connectivity index (χ4v) is 3.76. The van der Waals surface area contributed by atoms with Gasteiger partial charge in [-0.1, -0.05) is 60.7 Å². The summed E-state index contributed by atoms with van der Waals surface area (Å²) in [5.74, 6) is -0.270. The minimum absolute atomic E-state index is 0.270. The Bertz CT molecular complexity index is 831. The van der Waals surface area contributed by atoms with Crippen LogP contribution in [0.1, 0.15) is 44.7 Å². The maximum atomic E-state index is 13.1. The summed E-state index contributed by atoms with van der Waals surface area (Å²) < 4.78 is 5.75. The van der Waals surface area contributed by atoms with E-state index in [0.717, 1.165) is 56.0 Å². The molecule has 1 fully saturated rings. The molecule has 5 nitrogen and oxygen atoms in total. The lowest BCUT2D eigenvalue weighted by Crippen LogP contribution is -2.45. The van der Waals surface area contributed by atoms with Gasteiger partial charge in [0.15, 0.2) is 7.98 Å². The van der Waals surface area contributed by atoms with E-state index in [1.54, 1.807) is 0 Å². The summed E-state index contributed by atoms with van der Waals surface area (Å²) >= 11 is 0. The molecule has 0 amide bonds. The third-order valence-electron chi connectivity index (χ3n) is 5.42. The van der Waals surface area contributed by atoms with Crippen LogP contribution in [0.2, 0.25) is 0 Å². The quantitative estimate of drug-likeness (QED) is 0.363. The molecule has 1 heterocycles. The zero-order chi connectivity index (χ0) is 23.0. The molecule has 1 aliphatic heterocycles. The third kappa shape index (κ3) is 7.61. The fraction of sp³-hybridized carbons (Fsp3) is 0.462. The average molecular weight is 431 g/mol. The predicted octanol–water partition coefficient (Wildman–Crippen LogP) is 3.72. The van der Waals surface area contributed by atoms with E-state index in [0.29, 0.717) is 6.42 Å². The topological polar surface area (TPSA) is 45.1 Å². The SMILES string of the molecule is [B]N1CCN(CCCC(N=C(c2ccccc2)c2ccccc2)C(=O)OC(C)(C)C)CC1. The lowest BCUT2D eigenvalue weighted by atomic mass is 10.0. The van der Waals surface area contributed by atoms with Crippen molar-refractivity contribution in [1.82, 2.24) is 9.71 Å². The molecule has 2 aromatic rings. The Morgan fingerprint density at radius 1 is 0.969 bits per heavy atom. The van der Waals surface area contributed by atoms with Crippen molar-refractivity contribution in [3.63, 3.8) is 0 Å². The molecule has 0 N–H and O–H groups in total. The zero-order valence-electron chi connectivity index (χ0n) is 19.5. The molecular formula is C26H34BN3O2. The van der Waals surface area contributed by atoms with Crippen molar-refractivity contribution >= 4 is 19.7 Å². The first-order chi connectivity index (χ1) is 15.3. The van der Waals surface area contributed by atoms with E-state index in [-0.39, 0.29) is 5.97 Å². The molecular weight excluding hydrogens is 397 g/mol. The summed E-state index contributed by atoms with van der Waals surface area (Å²) in [6.07, 6.45) is 1.51. The summed E-state index contributed by atoms with van der Waals surface area (Å²) in [7, 11) is 5.87. The molecule has 2 radical (unpaired) electrons. The minimum atomic E-state index is -0.555. The molecule has 2 aromatic carbocycles. The number of benzene rings is 2. The highest BCUT2D eigenvalue weighted by Gasteiger charge is 2.26. The standard InChI is InChI=1S/C26H34BN3O2/c1-26(2,3)32-25(31)23(15-10-16-29-17-19-30(27)20-18-29)28-24(21-11-6-4-7-12-21)22-13-8-5-9-14-22/h4-9,11-14,23H,10,15-20H2,1-3H3. The van der Waals surface area contributed by atoms with Crippen molar-refractivity contribution in [2.45, 2.75) is 45.3 Å². The number of hydrogen-bond donors (Lipinski definition) is 0. The van der Waals surface area contributed by atoms with Crippen molar-refractivity contribution in [2.24, 2.45) is 4.99 Å². The summed E-state index contributed by atoms with van der Waals surface area (Å²) in [5, 5.41) is 0. The highest BCUT2D eigenvalue weighted by Crippen LogP contribution is 2.18. The number of ether oxygens (including phenoxy) is 1. The number of carbonyl (C=O) groups excluding carboxylic acids is 1. The smallest absolute Gasteiger partial charge is 0.331 e. The number of carbonyl (C=O) groups is 1. The van der Waals surface area contributed by atoms with Crippen LogP contribution in [0.15, 0.2) is 65.7 Å². The van der Waals surface area contributed by atoms with E-state index in [1.165, 1.54) is 0 Å². The van der Waals surface area contributed by atoms with Gasteiger partial charge in [-0.3, -0.25) is 4.99 Å². The van der Waals surface area contributed by atoms with Gasteiger partial charge in [-0.15, -0.1) is 0 Å². The molecule has 1 unspecified atom stereocenters. The van der Waals surface area contributed by atoms with E-state index < -0.39 is 11.6 Å². The fourth-order valence-electron chi connectivity index (χ4n) is 3.76. The van der Waals surface area contributed by atoms with E-state index >= 15 is 0 Å². The number of esters is 1. The van der Waals surface area contributed by atoms with Crippen molar-refractivity contribution in [3.8, 4) is 0 Å². The van der Waals surface area contributed by atoms with Gasteiger partial charge < -0.3 is 14.4 Å². The summed E-state index contributed by atoms with van der Waals surface area (Å²) in [4.78, 5) is 22.4. The van der Waals surface area contributed by atoms with Crippen LogP contribution in [0.4, 0.5) is 0 Å². The molecule has 0 spiro atoms. The molecule has 168 valence electrons. The first kappa shape index (κ1) is 24.2. The van der Waals surface area contributed by atoms with Crippen LogP contribution in [0.5, 0.6) is 0 Å². The average Bonchev–Trinajstić information content (AvgIpc) is 2.77. The van der Waals surface area contributed by atoms with E-state index in [9.17, 15) is 4.79 Å². The largest absolute Gasteiger partial charge is 0.458 e. The molecule has 32 heavy (non-hydrogen) atoms. The van der Waals surface area contributed by atoms with Crippen LogP contribution in [-0.4, -0.2) is 73.7 Å². The van der Waals surface area contributed by atoms with Crippen molar-refractivity contribution < 1.29 is 9.53 Å². The molecule has 0 bridgehead atoms. The zero-order valence-corrected chi connectivity index (χ0v) is 19.5. The molecule has 0 aromatic heterocycles. The van der Waals surface area contributed by atoms with Gasteiger partial charge in [0.05, 0.1) is 5.71 Å². The molecule has 1 saturated heterocycles. The Balaban J connectivity index is 1.82. The number of rotatable bonds is 8. The van der Waals surface area contributed by atoms with Crippen LogP contribution in [-0.2, 0) is 9.53 Å². The van der Waals surface area contributed by atoms with Crippen molar-refractivity contribution in [2.75, 3.05) is 32.7 Å². The first-order valence-electron chi connectivity index (χ1n) is 11.5. The van der Waals surface area contributed by atoms with Crippen LogP contribution < -0.4 is 0 Å². The Kier molecular flexibility index (Phi) is 8.65. The van der Waals surface area contributed by atoms with Gasteiger partial charge in [-0.2, -0.15) is 0 Å². The first-order valence-corrected chi connectivity index (χ1v) is 11.5. The molecule has 0 aliphatic carbocycles. The van der Waals surface area contributed by atoms with E-state index in [2.05, 4.69) is 4.90 Å². The summed E-state index contributed by atoms with van der Waals surface area (Å²) in [6.45, 7) is 10.3. The van der Waals surface area contributed by atoms with Gasteiger partial charge in [-0.25, -0.2) is 4.79 Å². The monoisotopic (exact) mass is 431 g/mol. The van der Waals surface area contributed by atoms with Crippen LogP contribution in [0.3, 0.4) is 0 Å². The van der Waals surface area contributed by atoms with Crippen LogP contribution >= 0.6 is 0 Å². The second-order valence-corrected chi connectivity index (χ2v) is 9.28. The summed E-state index contributed by atoms with van der Waals surface area (Å²) in [6, 6.07) is 19.5. The van der Waals surface area contributed by atoms with Gasteiger partial charge in [0.1, 0.15) is 11.6 Å². The van der Waals surface area contributed by atoms with Gasteiger partial charge in [0.2, 0.25) is 0 Å². The number of aliphatic imine (C=N–C) groups is 1. The highest BCUT2D eigenvalue weighted by molar-refractivity contribution is 6.13. The molecule has 0 saturated carbocycles. The number of hydrogen-bond acceptors (Lipinski definition) is 5. The van der Waals surface area contributed by atoms with E-state index in [1.807, 2.05) is 86.2 Å². The molecule has 1 atom stereocenters. The molecule has 3 rings (SSSR count). The van der Waals surface area contributed by atoms with Crippen LogP contribution in [0, 0.1) is 0 Å².